The number of Topliss-reactive ketones (excluding diaryl/α,β-unsaturated/α-hetero) is 1. The van der Waals surface area contributed by atoms with Crippen molar-refractivity contribution in [2.75, 3.05) is 13.7 Å². The Kier molecular flexibility index (Phi) is 3.34. The van der Waals surface area contributed by atoms with Gasteiger partial charge in [0.25, 0.3) is 5.79 Å². The van der Waals surface area contributed by atoms with E-state index >= 15 is 0 Å². The first-order valence-electron chi connectivity index (χ1n) is 8.63. The van der Waals surface area contributed by atoms with Gasteiger partial charge in [-0.1, -0.05) is 26.0 Å². The SMILES string of the molecule is CO[C@@H]1CO[C@]2(O)C(=O)C3=C(CCCC3(C)C)c3ccc(C)c1c32. The Morgan fingerprint density at radius 2 is 2.08 bits per heavy atom. The van der Waals surface area contributed by atoms with Crippen molar-refractivity contribution in [3.8, 4) is 0 Å². The van der Waals surface area contributed by atoms with Crippen LogP contribution in [0.4, 0.5) is 0 Å². The number of carbonyl (C=O) groups is 1. The molecular formula is C20H24O4. The van der Waals surface area contributed by atoms with E-state index < -0.39 is 5.79 Å². The Hall–Kier alpha value is -1.49. The highest BCUT2D eigenvalue weighted by molar-refractivity contribution is 6.12. The quantitative estimate of drug-likeness (QED) is 0.858. The molecule has 0 saturated carbocycles. The second-order valence-electron chi connectivity index (χ2n) is 7.82. The van der Waals surface area contributed by atoms with Gasteiger partial charge in [0.2, 0.25) is 5.78 Å². The second-order valence-corrected chi connectivity index (χ2v) is 7.82. The Bertz CT molecular complexity index is 774. The van der Waals surface area contributed by atoms with Gasteiger partial charge >= 0.3 is 0 Å². The highest BCUT2D eigenvalue weighted by Gasteiger charge is 2.55. The van der Waals surface area contributed by atoms with Gasteiger partial charge in [0, 0.05) is 18.2 Å². The molecule has 0 saturated heterocycles. The van der Waals surface area contributed by atoms with Crippen molar-refractivity contribution in [2.45, 2.75) is 51.9 Å². The van der Waals surface area contributed by atoms with Crippen LogP contribution in [-0.4, -0.2) is 24.6 Å². The number of fused-ring (bicyclic) bond motifs is 1. The number of ketones is 1. The van der Waals surface area contributed by atoms with Crippen LogP contribution < -0.4 is 0 Å². The van der Waals surface area contributed by atoms with Crippen LogP contribution in [0.3, 0.4) is 0 Å². The zero-order valence-electron chi connectivity index (χ0n) is 14.7. The number of hydrogen-bond donors (Lipinski definition) is 1. The van der Waals surface area contributed by atoms with Gasteiger partial charge in [0.1, 0.15) is 6.10 Å². The molecule has 1 aliphatic heterocycles. The molecule has 0 unspecified atom stereocenters. The van der Waals surface area contributed by atoms with Crippen LogP contribution in [0.5, 0.6) is 0 Å². The van der Waals surface area contributed by atoms with E-state index in [0.29, 0.717) is 5.56 Å². The topological polar surface area (TPSA) is 55.8 Å². The molecule has 128 valence electrons. The first-order chi connectivity index (χ1) is 11.3. The van der Waals surface area contributed by atoms with Crippen LogP contribution in [0.25, 0.3) is 5.57 Å². The first kappa shape index (κ1) is 16.0. The van der Waals surface area contributed by atoms with E-state index in [2.05, 4.69) is 19.9 Å². The van der Waals surface area contributed by atoms with Gasteiger partial charge in [0.15, 0.2) is 0 Å². The zero-order valence-corrected chi connectivity index (χ0v) is 14.7. The normalized spacial score (nSPS) is 30.9. The number of rotatable bonds is 1. The third-order valence-electron chi connectivity index (χ3n) is 5.92. The van der Waals surface area contributed by atoms with Crippen LogP contribution in [0, 0.1) is 12.3 Å². The van der Waals surface area contributed by atoms with Gasteiger partial charge in [-0.15, -0.1) is 0 Å². The molecule has 1 heterocycles. The molecule has 4 heteroatoms. The van der Waals surface area contributed by atoms with Gasteiger partial charge in [-0.25, -0.2) is 0 Å². The number of carbonyl (C=O) groups excluding carboxylic acids is 1. The lowest BCUT2D eigenvalue weighted by Gasteiger charge is -2.46. The molecule has 1 aromatic rings. The summed E-state index contributed by atoms with van der Waals surface area (Å²) in [5, 5.41) is 11.3. The minimum Gasteiger partial charge on any atom is -0.374 e. The maximum absolute atomic E-state index is 13.3. The molecule has 0 amide bonds. The van der Waals surface area contributed by atoms with E-state index in [0.717, 1.165) is 47.1 Å². The zero-order chi connectivity index (χ0) is 17.3. The summed E-state index contributed by atoms with van der Waals surface area (Å²) in [6.07, 6.45) is 2.61. The number of allylic oxidation sites excluding steroid dienone is 1. The third kappa shape index (κ3) is 1.88. The van der Waals surface area contributed by atoms with Crippen molar-refractivity contribution < 1.29 is 19.4 Å². The number of hydrogen-bond acceptors (Lipinski definition) is 4. The Morgan fingerprint density at radius 3 is 2.79 bits per heavy atom. The molecule has 2 atom stereocenters. The Morgan fingerprint density at radius 1 is 1.33 bits per heavy atom. The number of aliphatic hydroxyl groups is 1. The average Bonchev–Trinajstić information content (AvgIpc) is 2.53. The monoisotopic (exact) mass is 328 g/mol. The van der Waals surface area contributed by atoms with Crippen molar-refractivity contribution in [3.05, 3.63) is 40.0 Å². The van der Waals surface area contributed by atoms with Crippen LogP contribution in [-0.2, 0) is 20.1 Å². The van der Waals surface area contributed by atoms with E-state index in [-0.39, 0.29) is 23.9 Å². The van der Waals surface area contributed by atoms with Gasteiger partial charge in [-0.2, -0.15) is 0 Å². The molecule has 4 rings (SSSR count). The fourth-order valence-corrected chi connectivity index (χ4v) is 4.72. The van der Waals surface area contributed by atoms with Gasteiger partial charge in [-0.3, -0.25) is 4.79 Å². The molecule has 3 aliphatic rings. The summed E-state index contributed by atoms with van der Waals surface area (Å²) in [7, 11) is 1.64. The van der Waals surface area contributed by atoms with Crippen LogP contribution in [0.15, 0.2) is 17.7 Å². The van der Waals surface area contributed by atoms with Crippen molar-refractivity contribution in [1.29, 1.82) is 0 Å². The molecule has 4 nitrogen and oxygen atoms in total. The highest BCUT2D eigenvalue weighted by Crippen LogP contribution is 2.55. The summed E-state index contributed by atoms with van der Waals surface area (Å²) in [6.45, 7) is 6.35. The molecule has 1 aromatic carbocycles. The fourth-order valence-electron chi connectivity index (χ4n) is 4.72. The standard InChI is InChI=1S/C20H24O4/c1-11-7-8-13-12-6-5-9-19(2,3)17(12)18(21)20(22)16(13)15(11)14(23-4)10-24-20/h7-8,14,22H,5-6,9-10H2,1-4H3/t14-,20+/m1/s1. The van der Waals surface area contributed by atoms with E-state index in [9.17, 15) is 9.90 Å². The van der Waals surface area contributed by atoms with Gasteiger partial charge < -0.3 is 14.6 Å². The lowest BCUT2D eigenvalue weighted by Crippen LogP contribution is -2.50. The van der Waals surface area contributed by atoms with Gasteiger partial charge in [-0.05, 0) is 53.9 Å². The molecular weight excluding hydrogens is 304 g/mol. The maximum atomic E-state index is 13.3. The van der Waals surface area contributed by atoms with E-state index in [1.807, 2.05) is 13.0 Å². The summed E-state index contributed by atoms with van der Waals surface area (Å²) in [6, 6.07) is 4.09. The van der Waals surface area contributed by atoms with Gasteiger partial charge in [0.05, 0.1) is 6.61 Å². The predicted molar refractivity (Wildman–Crippen MR) is 90.3 cm³/mol. The Labute approximate surface area is 142 Å². The number of aryl methyl sites for hydroxylation is 1. The first-order valence-corrected chi connectivity index (χ1v) is 8.63. The molecule has 2 aliphatic carbocycles. The summed E-state index contributed by atoms with van der Waals surface area (Å²) in [5.74, 6) is -2.16. The number of benzene rings is 1. The van der Waals surface area contributed by atoms with E-state index in [1.165, 1.54) is 0 Å². The second kappa shape index (κ2) is 5.01. The smallest absolute Gasteiger partial charge is 0.259 e. The van der Waals surface area contributed by atoms with Crippen LogP contribution >= 0.6 is 0 Å². The van der Waals surface area contributed by atoms with Crippen LogP contribution in [0.2, 0.25) is 0 Å². The number of methoxy groups -OCH3 is 1. The fraction of sp³-hybridized carbons (Fsp3) is 0.550. The predicted octanol–water partition coefficient (Wildman–Crippen LogP) is 3.40. The number of ether oxygens (including phenoxy) is 2. The minimum atomic E-state index is -1.88. The molecule has 1 N–H and O–H groups in total. The highest BCUT2D eigenvalue weighted by atomic mass is 16.6. The molecule has 0 spiro atoms. The third-order valence-corrected chi connectivity index (χ3v) is 5.92. The maximum Gasteiger partial charge on any atom is 0.259 e. The minimum absolute atomic E-state index is 0.180. The Balaban J connectivity index is 2.09. The molecule has 0 fully saturated rings. The summed E-state index contributed by atoms with van der Waals surface area (Å²) < 4.78 is 11.3. The molecule has 24 heavy (non-hydrogen) atoms. The largest absolute Gasteiger partial charge is 0.374 e. The summed E-state index contributed by atoms with van der Waals surface area (Å²) in [4.78, 5) is 13.3. The molecule has 0 aromatic heterocycles. The van der Waals surface area contributed by atoms with E-state index in [4.69, 9.17) is 9.47 Å². The average molecular weight is 328 g/mol. The lowest BCUT2D eigenvalue weighted by molar-refractivity contribution is -0.229. The summed E-state index contributed by atoms with van der Waals surface area (Å²) >= 11 is 0. The van der Waals surface area contributed by atoms with Crippen molar-refractivity contribution >= 4 is 11.4 Å². The molecule has 0 radical (unpaired) electrons. The molecule has 0 bridgehead atoms. The van der Waals surface area contributed by atoms with Crippen molar-refractivity contribution in [3.63, 3.8) is 0 Å². The summed E-state index contributed by atoms with van der Waals surface area (Å²) in [5.41, 5.74) is 5.09. The van der Waals surface area contributed by atoms with Crippen LogP contribution in [0.1, 0.15) is 61.5 Å². The van der Waals surface area contributed by atoms with Crippen molar-refractivity contribution in [1.82, 2.24) is 0 Å². The van der Waals surface area contributed by atoms with E-state index in [1.54, 1.807) is 7.11 Å². The van der Waals surface area contributed by atoms with Crippen molar-refractivity contribution in [2.24, 2.45) is 5.41 Å². The lowest BCUT2D eigenvalue weighted by atomic mass is 9.63.